The smallest absolute Gasteiger partial charge is 0.335 e. The minimum atomic E-state index is -0.930. The lowest BCUT2D eigenvalue weighted by molar-refractivity contribution is -0.172. The number of ether oxygens (including phenoxy) is 2. The third-order valence-corrected chi connectivity index (χ3v) is 3.34. The second-order valence-corrected chi connectivity index (χ2v) is 4.68. The molecule has 0 aromatic rings. The van der Waals surface area contributed by atoms with Gasteiger partial charge in [0.2, 0.25) is 0 Å². The first-order valence-electron chi connectivity index (χ1n) is 5.97. The second kappa shape index (κ2) is 6.21. The summed E-state index contributed by atoms with van der Waals surface area (Å²) in [4.78, 5) is 11.3. The SMILES string of the molecule is COCCCOC1(C(=O)O)CCC(C)CC1. The van der Waals surface area contributed by atoms with E-state index in [0.29, 0.717) is 32.0 Å². The first kappa shape index (κ1) is 13.5. The van der Waals surface area contributed by atoms with E-state index in [4.69, 9.17) is 9.47 Å². The van der Waals surface area contributed by atoms with Crippen LogP contribution in [0.1, 0.15) is 39.0 Å². The first-order chi connectivity index (χ1) is 7.60. The maximum atomic E-state index is 11.3. The van der Waals surface area contributed by atoms with Gasteiger partial charge in [0.15, 0.2) is 5.60 Å². The molecule has 0 radical (unpaired) electrons. The maximum Gasteiger partial charge on any atom is 0.335 e. The molecule has 0 heterocycles. The van der Waals surface area contributed by atoms with E-state index in [-0.39, 0.29) is 0 Å². The zero-order valence-corrected chi connectivity index (χ0v) is 10.2. The Bertz CT molecular complexity index is 219. The average Bonchev–Trinajstić information content (AvgIpc) is 2.27. The highest BCUT2D eigenvalue weighted by Gasteiger charge is 2.42. The molecule has 1 fully saturated rings. The number of hydrogen-bond acceptors (Lipinski definition) is 3. The summed E-state index contributed by atoms with van der Waals surface area (Å²) in [5.74, 6) is -0.188. The molecule has 1 aliphatic carbocycles. The van der Waals surface area contributed by atoms with Gasteiger partial charge in [0.1, 0.15) is 0 Å². The molecule has 0 saturated heterocycles. The van der Waals surface area contributed by atoms with E-state index >= 15 is 0 Å². The van der Waals surface area contributed by atoms with Crippen LogP contribution in [0.4, 0.5) is 0 Å². The topological polar surface area (TPSA) is 55.8 Å². The molecule has 94 valence electrons. The summed E-state index contributed by atoms with van der Waals surface area (Å²) in [6.45, 7) is 3.25. The van der Waals surface area contributed by atoms with Gasteiger partial charge in [-0.2, -0.15) is 0 Å². The van der Waals surface area contributed by atoms with Crippen molar-refractivity contribution in [2.24, 2.45) is 5.92 Å². The van der Waals surface area contributed by atoms with Crippen LogP contribution >= 0.6 is 0 Å². The van der Waals surface area contributed by atoms with Gasteiger partial charge in [-0.3, -0.25) is 0 Å². The number of carbonyl (C=O) groups is 1. The second-order valence-electron chi connectivity index (χ2n) is 4.68. The molecule has 0 aromatic heterocycles. The van der Waals surface area contributed by atoms with Crippen molar-refractivity contribution in [1.82, 2.24) is 0 Å². The molecule has 0 atom stereocenters. The van der Waals surface area contributed by atoms with Crippen LogP contribution in [0.3, 0.4) is 0 Å². The largest absolute Gasteiger partial charge is 0.479 e. The molecule has 0 spiro atoms. The number of aliphatic carboxylic acids is 1. The summed E-state index contributed by atoms with van der Waals surface area (Å²) in [6, 6.07) is 0. The van der Waals surface area contributed by atoms with Gasteiger partial charge in [0, 0.05) is 13.7 Å². The first-order valence-corrected chi connectivity index (χ1v) is 5.97. The minimum Gasteiger partial charge on any atom is -0.479 e. The Morgan fingerprint density at radius 3 is 2.50 bits per heavy atom. The summed E-state index contributed by atoms with van der Waals surface area (Å²) in [5.41, 5.74) is -0.930. The van der Waals surface area contributed by atoms with E-state index < -0.39 is 11.6 Å². The predicted molar refractivity (Wildman–Crippen MR) is 60.4 cm³/mol. The van der Waals surface area contributed by atoms with Crippen molar-refractivity contribution in [3.63, 3.8) is 0 Å². The molecule has 1 aliphatic rings. The van der Waals surface area contributed by atoms with Crippen LogP contribution in [0.15, 0.2) is 0 Å². The minimum absolute atomic E-state index is 0.467. The van der Waals surface area contributed by atoms with Crippen LogP contribution < -0.4 is 0 Å². The number of methoxy groups -OCH3 is 1. The summed E-state index contributed by atoms with van der Waals surface area (Å²) in [7, 11) is 1.63. The third-order valence-electron chi connectivity index (χ3n) is 3.34. The van der Waals surface area contributed by atoms with Crippen LogP contribution in [0, 0.1) is 5.92 Å². The van der Waals surface area contributed by atoms with E-state index in [1.54, 1.807) is 7.11 Å². The molecule has 0 unspecified atom stereocenters. The monoisotopic (exact) mass is 230 g/mol. The molecular weight excluding hydrogens is 208 g/mol. The van der Waals surface area contributed by atoms with Gasteiger partial charge in [-0.1, -0.05) is 6.92 Å². The van der Waals surface area contributed by atoms with Gasteiger partial charge < -0.3 is 14.6 Å². The highest BCUT2D eigenvalue weighted by atomic mass is 16.5. The molecule has 1 rings (SSSR count). The summed E-state index contributed by atoms with van der Waals surface area (Å²) in [5, 5.41) is 9.28. The molecule has 0 amide bonds. The highest BCUT2D eigenvalue weighted by Crippen LogP contribution is 2.35. The van der Waals surface area contributed by atoms with Crippen LogP contribution in [-0.2, 0) is 14.3 Å². The third kappa shape index (κ3) is 3.46. The molecule has 1 saturated carbocycles. The summed E-state index contributed by atoms with van der Waals surface area (Å²) in [6.07, 6.45) is 3.90. The van der Waals surface area contributed by atoms with Crippen molar-refractivity contribution in [3.8, 4) is 0 Å². The van der Waals surface area contributed by atoms with Gasteiger partial charge in [-0.15, -0.1) is 0 Å². The fraction of sp³-hybridized carbons (Fsp3) is 0.917. The molecule has 16 heavy (non-hydrogen) atoms. The highest BCUT2D eigenvalue weighted by molar-refractivity contribution is 5.77. The molecule has 1 N–H and O–H groups in total. The number of carboxylic acid groups (broad SMARTS) is 1. The lowest BCUT2D eigenvalue weighted by atomic mass is 9.79. The van der Waals surface area contributed by atoms with Crippen molar-refractivity contribution >= 4 is 5.97 Å². The Morgan fingerprint density at radius 2 is 2.00 bits per heavy atom. The Balaban J connectivity index is 2.43. The fourth-order valence-electron chi connectivity index (χ4n) is 2.12. The van der Waals surface area contributed by atoms with Gasteiger partial charge in [-0.25, -0.2) is 4.79 Å². The zero-order valence-electron chi connectivity index (χ0n) is 10.2. The van der Waals surface area contributed by atoms with Gasteiger partial charge >= 0.3 is 5.97 Å². The zero-order chi connectivity index (χ0) is 12.0. The molecule has 4 heteroatoms. The molecule has 0 aliphatic heterocycles. The van der Waals surface area contributed by atoms with Crippen molar-refractivity contribution < 1.29 is 19.4 Å². The fourth-order valence-corrected chi connectivity index (χ4v) is 2.12. The molecule has 4 nitrogen and oxygen atoms in total. The maximum absolute atomic E-state index is 11.3. The van der Waals surface area contributed by atoms with E-state index in [2.05, 4.69) is 6.92 Å². The lowest BCUT2D eigenvalue weighted by Crippen LogP contribution is -2.44. The number of hydrogen-bond donors (Lipinski definition) is 1. The molecule has 0 aromatic carbocycles. The Kier molecular flexibility index (Phi) is 5.22. The Labute approximate surface area is 96.9 Å². The van der Waals surface area contributed by atoms with Crippen LogP contribution in [0.5, 0.6) is 0 Å². The van der Waals surface area contributed by atoms with Crippen molar-refractivity contribution in [2.45, 2.75) is 44.6 Å². The Morgan fingerprint density at radius 1 is 1.38 bits per heavy atom. The van der Waals surface area contributed by atoms with E-state index in [1.807, 2.05) is 0 Å². The Hall–Kier alpha value is -0.610. The summed E-state index contributed by atoms with van der Waals surface area (Å²) >= 11 is 0. The van der Waals surface area contributed by atoms with E-state index in [9.17, 15) is 9.90 Å². The van der Waals surface area contributed by atoms with Crippen molar-refractivity contribution in [2.75, 3.05) is 20.3 Å². The molecule has 0 bridgehead atoms. The number of carboxylic acids is 1. The number of rotatable bonds is 6. The van der Waals surface area contributed by atoms with Gasteiger partial charge in [0.25, 0.3) is 0 Å². The van der Waals surface area contributed by atoms with Gasteiger partial charge in [0.05, 0.1) is 6.61 Å². The van der Waals surface area contributed by atoms with E-state index in [1.165, 1.54) is 0 Å². The average molecular weight is 230 g/mol. The lowest BCUT2D eigenvalue weighted by Gasteiger charge is -2.35. The van der Waals surface area contributed by atoms with Crippen LogP contribution in [0.2, 0.25) is 0 Å². The van der Waals surface area contributed by atoms with Crippen LogP contribution in [0.25, 0.3) is 0 Å². The molecular formula is C12H22O4. The van der Waals surface area contributed by atoms with Crippen molar-refractivity contribution in [3.05, 3.63) is 0 Å². The predicted octanol–water partition coefficient (Wildman–Crippen LogP) is 2.07. The standard InChI is InChI=1S/C12H22O4/c1-10-4-6-12(7-5-10,11(13)14)16-9-3-8-15-2/h10H,3-9H2,1-2H3,(H,13,14). The summed E-state index contributed by atoms with van der Waals surface area (Å²) < 4.78 is 10.5. The van der Waals surface area contributed by atoms with Crippen molar-refractivity contribution in [1.29, 1.82) is 0 Å². The van der Waals surface area contributed by atoms with Gasteiger partial charge in [-0.05, 0) is 38.0 Å². The normalized spacial score (nSPS) is 30.2. The van der Waals surface area contributed by atoms with E-state index in [0.717, 1.165) is 19.3 Å². The quantitative estimate of drug-likeness (QED) is 0.710. The van der Waals surface area contributed by atoms with Crippen LogP contribution in [-0.4, -0.2) is 37.0 Å².